The summed E-state index contributed by atoms with van der Waals surface area (Å²) in [4.78, 5) is 142. The highest BCUT2D eigenvalue weighted by atomic mass is 32.1. The van der Waals surface area contributed by atoms with E-state index >= 15 is 0 Å². The van der Waals surface area contributed by atoms with E-state index in [1.54, 1.807) is 27.7 Å². The summed E-state index contributed by atoms with van der Waals surface area (Å²) < 4.78 is 35.4. The molecule has 0 bridgehead atoms. The third kappa shape index (κ3) is 18.7. The number of carbonyl (C=O) groups is 9. The fraction of sp³-hybridized carbons (Fsp3) is 0.444. The van der Waals surface area contributed by atoms with Crippen LogP contribution in [0.2, 0.25) is 0 Å². The van der Waals surface area contributed by atoms with Crippen molar-refractivity contribution in [2.45, 2.75) is 122 Å². The van der Waals surface area contributed by atoms with Crippen molar-refractivity contribution in [3.05, 3.63) is 75.4 Å². The third-order valence-corrected chi connectivity index (χ3v) is 13.8. The summed E-state index contributed by atoms with van der Waals surface area (Å²) in [5.41, 5.74) is 19.0. The molecule has 2 aromatic carbocycles. The number of carboxylic acid groups (broad SMARTS) is 2. The van der Waals surface area contributed by atoms with Crippen molar-refractivity contribution in [3.8, 4) is 28.2 Å². The molecule has 0 saturated carbocycles. The quantitative estimate of drug-likeness (QED) is 0.0103. The van der Waals surface area contributed by atoms with Crippen LogP contribution in [-0.4, -0.2) is 153 Å². The summed E-state index contributed by atoms with van der Waals surface area (Å²) in [7, 11) is 0. The number of aromatic carboxylic acids is 1. The van der Waals surface area contributed by atoms with Crippen LogP contribution >= 0.6 is 12.6 Å². The first-order chi connectivity index (χ1) is 39.9. The normalized spacial score (nSPS) is 14.4. The lowest BCUT2D eigenvalue weighted by Crippen LogP contribution is -2.62. The number of halogens is 2. The van der Waals surface area contributed by atoms with Gasteiger partial charge in [-0.05, 0) is 81.2 Å². The van der Waals surface area contributed by atoms with Gasteiger partial charge >= 0.3 is 11.9 Å². The topological polar surface area (TPSA) is 478 Å². The minimum atomic E-state index is -1.88. The maximum atomic E-state index is 14.9. The number of carbonyl (C=O) groups excluding carboxylic acids is 7. The Hall–Kier alpha value is -9.13. The minimum Gasteiger partial charge on any atom is -0.505 e. The van der Waals surface area contributed by atoms with E-state index in [0.29, 0.717) is 6.42 Å². The lowest BCUT2D eigenvalue weighted by Gasteiger charge is -2.30. The summed E-state index contributed by atoms with van der Waals surface area (Å²) in [5.74, 6) is -15.4. The Labute approximate surface area is 490 Å². The Bertz CT molecular complexity index is 3240. The van der Waals surface area contributed by atoms with Crippen LogP contribution in [0.3, 0.4) is 0 Å². The van der Waals surface area contributed by atoms with Gasteiger partial charge < -0.3 is 85.0 Å². The number of hydrogen-bond acceptors (Lipinski definition) is 16. The Morgan fingerprint density at radius 1 is 0.647 bits per heavy atom. The molecule has 7 amide bonds. The molecule has 28 nitrogen and oxygen atoms in total. The van der Waals surface area contributed by atoms with Crippen molar-refractivity contribution in [1.29, 1.82) is 0 Å². The number of fused-ring (bicyclic) bond motifs is 2. The SMILES string of the molecule is CC[C@H](C)[C@H](NC(=O)[C@@H](NC(=O)[C@H](CS)NC(=O)[C@H](CCCN=C(N)N)NC(=O)[C@@H](NC(=O)[C@H](CCCN=C(N)N)NC(=O)c1ccc(-c2c3cc(F)c(=O)cc-3oc3cc(O)c(F)cc23)c(C(=O)O)c1)[C@@H](C)O)C(C)C)C(=O)N[C@@H](C)C(=O)O. The third-order valence-electron chi connectivity index (χ3n) is 13.4. The van der Waals surface area contributed by atoms with Crippen LogP contribution in [0.1, 0.15) is 94.4 Å². The van der Waals surface area contributed by atoms with Crippen LogP contribution < -0.4 is 65.6 Å². The Morgan fingerprint density at radius 3 is 1.72 bits per heavy atom. The number of guanidine groups is 2. The van der Waals surface area contributed by atoms with E-state index in [-0.39, 0.29) is 95.4 Å². The number of aromatic hydroxyl groups is 1. The van der Waals surface area contributed by atoms with Crippen molar-refractivity contribution < 1.29 is 76.8 Å². The number of thiol groups is 1. The van der Waals surface area contributed by atoms with Crippen LogP contribution in [0.25, 0.3) is 33.4 Å². The first-order valence-electron chi connectivity index (χ1n) is 26.6. The molecule has 0 unspecified atom stereocenters. The highest BCUT2D eigenvalue weighted by Crippen LogP contribution is 2.43. The Morgan fingerprint density at radius 2 is 1.18 bits per heavy atom. The number of rotatable bonds is 30. The molecule has 2 aliphatic rings. The molecule has 85 heavy (non-hydrogen) atoms. The number of aliphatic imine (C=N–C) groups is 2. The maximum absolute atomic E-state index is 14.9. The second kappa shape index (κ2) is 31.0. The van der Waals surface area contributed by atoms with Crippen molar-refractivity contribution in [2.24, 2.45) is 44.8 Å². The molecule has 0 fully saturated rings. The second-order valence-electron chi connectivity index (χ2n) is 20.2. The largest absolute Gasteiger partial charge is 0.505 e. The van der Waals surface area contributed by atoms with Gasteiger partial charge in [0.2, 0.25) is 40.9 Å². The molecule has 1 aliphatic carbocycles. The molecule has 0 saturated heterocycles. The molecule has 462 valence electrons. The van der Waals surface area contributed by atoms with Crippen LogP contribution in [0.4, 0.5) is 8.78 Å². The molecule has 2 aromatic rings. The molecular formula is C54H71F2N13O15S. The minimum absolute atomic E-state index is 0.00172. The second-order valence-corrected chi connectivity index (χ2v) is 20.6. The molecule has 0 radical (unpaired) electrons. The van der Waals surface area contributed by atoms with Crippen molar-refractivity contribution in [1.82, 2.24) is 37.2 Å². The lowest BCUT2D eigenvalue weighted by molar-refractivity contribution is -0.142. The van der Waals surface area contributed by atoms with Gasteiger partial charge in [-0.25, -0.2) is 13.6 Å². The molecular weight excluding hydrogens is 1140 g/mol. The maximum Gasteiger partial charge on any atom is 0.336 e. The van der Waals surface area contributed by atoms with E-state index in [1.165, 1.54) is 6.92 Å². The summed E-state index contributed by atoms with van der Waals surface area (Å²) in [5, 5.41) is 58.0. The molecule has 9 atom stereocenters. The van der Waals surface area contributed by atoms with Gasteiger partial charge in [0.1, 0.15) is 53.6 Å². The summed E-state index contributed by atoms with van der Waals surface area (Å²) in [6.45, 7) is 8.80. The van der Waals surface area contributed by atoms with Gasteiger partial charge in [0.15, 0.2) is 29.3 Å². The fourth-order valence-corrected chi connectivity index (χ4v) is 8.80. The highest BCUT2D eigenvalue weighted by molar-refractivity contribution is 7.80. The zero-order valence-electron chi connectivity index (χ0n) is 47.2. The lowest BCUT2D eigenvalue weighted by atomic mass is 9.89. The van der Waals surface area contributed by atoms with E-state index < -0.39 is 142 Å². The van der Waals surface area contributed by atoms with Crippen LogP contribution in [0, 0.1) is 23.5 Å². The van der Waals surface area contributed by atoms with E-state index in [1.807, 2.05) is 0 Å². The number of carboxylic acids is 2. The highest BCUT2D eigenvalue weighted by Gasteiger charge is 2.37. The fourth-order valence-electron chi connectivity index (χ4n) is 8.54. The van der Waals surface area contributed by atoms with E-state index in [4.69, 9.17) is 27.4 Å². The van der Waals surface area contributed by atoms with Gasteiger partial charge in [-0.3, -0.25) is 53.1 Å². The van der Waals surface area contributed by atoms with Crippen LogP contribution in [-0.2, 0) is 33.6 Å². The van der Waals surface area contributed by atoms with Gasteiger partial charge in [0.05, 0.1) is 11.7 Å². The van der Waals surface area contributed by atoms with Gasteiger partial charge in [-0.1, -0.05) is 40.2 Å². The van der Waals surface area contributed by atoms with E-state index in [2.05, 4.69) is 59.8 Å². The Balaban J connectivity index is 1.63. The number of nitrogens with zero attached hydrogens (tertiary/aromatic N) is 2. The van der Waals surface area contributed by atoms with Gasteiger partial charge in [-0.15, -0.1) is 0 Å². The van der Waals surface area contributed by atoms with Crippen molar-refractivity contribution in [3.63, 3.8) is 0 Å². The molecule has 19 N–H and O–H groups in total. The number of phenolic OH excluding ortho intramolecular Hbond substituents is 1. The summed E-state index contributed by atoms with van der Waals surface area (Å²) >= 11 is 4.24. The smallest absolute Gasteiger partial charge is 0.336 e. The first-order valence-corrected chi connectivity index (χ1v) is 27.3. The Kier molecular flexibility index (Phi) is 24.9. The van der Waals surface area contributed by atoms with Gasteiger partial charge in [-0.2, -0.15) is 12.6 Å². The number of benzene rings is 3. The number of aliphatic hydroxyl groups is 1. The number of aliphatic carboxylic acids is 1. The average molecular weight is 1210 g/mol. The molecule has 4 rings (SSSR count). The van der Waals surface area contributed by atoms with Crippen LogP contribution in [0.5, 0.6) is 5.75 Å². The summed E-state index contributed by atoms with van der Waals surface area (Å²) in [6, 6.07) is -4.00. The first kappa shape index (κ1) is 68.4. The zero-order valence-corrected chi connectivity index (χ0v) is 48.1. The van der Waals surface area contributed by atoms with E-state index in [9.17, 15) is 77.2 Å². The molecule has 1 aliphatic heterocycles. The van der Waals surface area contributed by atoms with E-state index in [0.717, 1.165) is 49.4 Å². The van der Waals surface area contributed by atoms with Crippen molar-refractivity contribution >= 4 is 88.8 Å². The number of phenols is 1. The average Bonchev–Trinajstić information content (AvgIpc) is 1.26. The molecule has 0 spiro atoms. The monoisotopic (exact) mass is 1210 g/mol. The zero-order chi connectivity index (χ0) is 63.7. The molecule has 1 heterocycles. The number of aliphatic hydroxyl groups excluding tert-OH is 1. The number of hydrogen-bond donors (Lipinski definition) is 16. The summed E-state index contributed by atoms with van der Waals surface area (Å²) in [6.07, 6.45) is -1.79. The predicted octanol–water partition coefficient (Wildman–Crippen LogP) is -0.522. The van der Waals surface area contributed by atoms with Gasteiger partial charge in [0, 0.05) is 53.1 Å². The molecule has 0 aromatic heterocycles. The standard InChI is InChI=1S/C54H71F2N13O15S/c1-7-23(4)42(49(78)63-24(5)51(80)81)68-48(77)41(22(2)3)67-47(76)35(21-85)66-45(74)33(10-8-14-61-53(57)58)65-50(79)43(25(6)70)69-46(75)34(11-9-15-62-54(59)60)64-44(73)26-12-13-27(28(16-26)52(82)83)40-29-17-31(55)36(71)19-38(29)84-39-20-37(72)32(56)18-30(39)40/h12-13,16-20,22-25,33-35,41-43,70-71,85H,7-11,14-15,21H2,1-6H3,(H,63,78)(H,64,73)(H,65,79)(H,66,74)(H,67,76)(H,68,77)(H,69,75)(H,80,81)(H,82,83)(H4,57,58,61)(H4,59,60,62)/t23-,24-,25+,33-,34-,35-,41-,42-,43-/m0/s1. The number of nitrogens with two attached hydrogens (primary N) is 4. The number of nitrogens with one attached hydrogen (secondary N) is 7. The molecule has 31 heteroatoms. The predicted molar refractivity (Wildman–Crippen MR) is 309 cm³/mol. The van der Waals surface area contributed by atoms with Crippen LogP contribution in [0.15, 0.2) is 61.7 Å². The van der Waals surface area contributed by atoms with Gasteiger partial charge in [0.25, 0.3) is 5.91 Å². The number of amides is 7. The van der Waals surface area contributed by atoms with Crippen molar-refractivity contribution in [2.75, 3.05) is 18.8 Å².